The van der Waals surface area contributed by atoms with Crippen molar-refractivity contribution in [3.05, 3.63) is 47.2 Å². The molecule has 156 valence electrons. The van der Waals surface area contributed by atoms with Gasteiger partial charge in [-0.15, -0.1) is 0 Å². The van der Waals surface area contributed by atoms with Gasteiger partial charge in [-0.3, -0.25) is 14.5 Å². The van der Waals surface area contributed by atoms with Crippen molar-refractivity contribution in [3.8, 4) is 11.3 Å². The summed E-state index contributed by atoms with van der Waals surface area (Å²) in [6.45, 7) is 6.11. The van der Waals surface area contributed by atoms with Crippen molar-refractivity contribution in [1.29, 1.82) is 0 Å². The highest BCUT2D eigenvalue weighted by Gasteiger charge is 2.31. The number of carbonyl (C=O) groups excluding carboxylic acids is 2. The van der Waals surface area contributed by atoms with E-state index in [-0.39, 0.29) is 17.9 Å². The van der Waals surface area contributed by atoms with Crippen LogP contribution in [-0.4, -0.2) is 61.4 Å². The van der Waals surface area contributed by atoms with E-state index in [1.807, 2.05) is 44.2 Å². The minimum atomic E-state index is -0.111. The maximum atomic E-state index is 12.9. The van der Waals surface area contributed by atoms with Gasteiger partial charge < -0.3 is 14.6 Å². The maximum absolute atomic E-state index is 12.9. The van der Waals surface area contributed by atoms with Crippen LogP contribution in [0.3, 0.4) is 0 Å². The summed E-state index contributed by atoms with van der Waals surface area (Å²) in [6, 6.07) is 9.69. The lowest BCUT2D eigenvalue weighted by Gasteiger charge is -2.26. The number of furan rings is 1. The molecular weight excluding hydrogens is 366 g/mol. The lowest BCUT2D eigenvalue weighted by molar-refractivity contribution is -0.133. The number of likely N-dealkylation sites (N-methyl/N-ethyl adjacent to an activating group) is 1. The number of aryl methyl sites for hydroxylation is 1. The summed E-state index contributed by atoms with van der Waals surface area (Å²) in [4.78, 5) is 29.1. The normalized spacial score (nSPS) is 16.8. The van der Waals surface area contributed by atoms with E-state index in [0.29, 0.717) is 17.9 Å². The molecule has 1 aromatic heterocycles. The van der Waals surface area contributed by atoms with Gasteiger partial charge in [0.15, 0.2) is 0 Å². The molecule has 29 heavy (non-hydrogen) atoms. The van der Waals surface area contributed by atoms with E-state index in [2.05, 4.69) is 10.2 Å². The maximum Gasteiger partial charge on any atom is 0.255 e. The van der Waals surface area contributed by atoms with Gasteiger partial charge >= 0.3 is 0 Å². The Morgan fingerprint density at radius 2 is 1.93 bits per heavy atom. The molecule has 0 unspecified atom stereocenters. The molecule has 0 bridgehead atoms. The number of amides is 2. The first-order chi connectivity index (χ1) is 13.9. The second-order valence-electron chi connectivity index (χ2n) is 7.89. The summed E-state index contributed by atoms with van der Waals surface area (Å²) >= 11 is 0. The summed E-state index contributed by atoms with van der Waals surface area (Å²) in [5, 5.41) is 3.03. The SMILES string of the molecule is Cc1oc(-c2ccccc2)c(C(=O)NCCCN2CCC[C@H]2C(=O)N(C)C)c1C. The van der Waals surface area contributed by atoms with Gasteiger partial charge in [-0.2, -0.15) is 0 Å². The van der Waals surface area contributed by atoms with E-state index in [1.54, 1.807) is 19.0 Å². The van der Waals surface area contributed by atoms with Crippen molar-refractivity contribution in [1.82, 2.24) is 15.1 Å². The van der Waals surface area contributed by atoms with Crippen LogP contribution in [0.5, 0.6) is 0 Å². The van der Waals surface area contributed by atoms with Crippen LogP contribution < -0.4 is 5.32 Å². The second-order valence-corrected chi connectivity index (χ2v) is 7.89. The van der Waals surface area contributed by atoms with Crippen LogP contribution in [-0.2, 0) is 4.79 Å². The van der Waals surface area contributed by atoms with Gasteiger partial charge in [0.25, 0.3) is 5.91 Å². The Hall–Kier alpha value is -2.60. The third kappa shape index (κ3) is 4.70. The molecule has 2 heterocycles. The van der Waals surface area contributed by atoms with Gasteiger partial charge in [0.2, 0.25) is 5.91 Å². The summed E-state index contributed by atoms with van der Waals surface area (Å²) in [5.41, 5.74) is 2.38. The zero-order valence-electron chi connectivity index (χ0n) is 17.8. The number of hydrogen-bond donors (Lipinski definition) is 1. The first-order valence-electron chi connectivity index (χ1n) is 10.3. The minimum absolute atomic E-state index is 0.0239. The van der Waals surface area contributed by atoms with Gasteiger partial charge in [-0.1, -0.05) is 30.3 Å². The number of nitrogens with one attached hydrogen (secondary N) is 1. The van der Waals surface area contributed by atoms with Crippen molar-refractivity contribution in [2.75, 3.05) is 33.7 Å². The van der Waals surface area contributed by atoms with Crippen molar-refractivity contribution >= 4 is 11.8 Å². The fraction of sp³-hybridized carbons (Fsp3) is 0.478. The molecule has 3 rings (SSSR count). The fourth-order valence-corrected chi connectivity index (χ4v) is 3.94. The highest BCUT2D eigenvalue weighted by molar-refractivity contribution is 6.01. The molecule has 1 aromatic carbocycles. The lowest BCUT2D eigenvalue weighted by Crippen LogP contribution is -2.43. The van der Waals surface area contributed by atoms with Crippen molar-refractivity contribution in [3.63, 3.8) is 0 Å². The van der Waals surface area contributed by atoms with E-state index in [1.165, 1.54) is 0 Å². The van der Waals surface area contributed by atoms with Crippen LogP contribution >= 0.6 is 0 Å². The molecule has 0 saturated carbocycles. The molecule has 1 fully saturated rings. The van der Waals surface area contributed by atoms with Gasteiger partial charge in [0.05, 0.1) is 11.6 Å². The summed E-state index contributed by atoms with van der Waals surface area (Å²) in [7, 11) is 3.61. The monoisotopic (exact) mass is 397 g/mol. The lowest BCUT2D eigenvalue weighted by atomic mass is 10.0. The predicted molar refractivity (Wildman–Crippen MR) is 114 cm³/mol. The summed E-state index contributed by atoms with van der Waals surface area (Å²) in [6.07, 6.45) is 2.77. The van der Waals surface area contributed by atoms with Crippen LogP contribution in [0.2, 0.25) is 0 Å². The molecular formula is C23H31N3O3. The topological polar surface area (TPSA) is 65.8 Å². The Bertz CT molecular complexity index is 858. The zero-order chi connectivity index (χ0) is 21.0. The largest absolute Gasteiger partial charge is 0.460 e. The Balaban J connectivity index is 1.59. The standard InChI is InChI=1S/C23H31N3O3/c1-16-17(2)29-21(18-10-6-5-7-11-18)20(16)22(27)24-13-9-15-26-14-8-12-19(26)23(28)25(3)4/h5-7,10-11,19H,8-9,12-15H2,1-4H3,(H,24,27)/t19-/m0/s1. The fourth-order valence-electron chi connectivity index (χ4n) is 3.94. The molecule has 0 radical (unpaired) electrons. The third-order valence-electron chi connectivity index (χ3n) is 5.65. The first-order valence-corrected chi connectivity index (χ1v) is 10.3. The smallest absolute Gasteiger partial charge is 0.255 e. The molecule has 2 aromatic rings. The van der Waals surface area contributed by atoms with Gasteiger partial charge in [0.1, 0.15) is 11.5 Å². The molecule has 6 heteroatoms. The van der Waals surface area contributed by atoms with Crippen molar-refractivity contribution in [2.24, 2.45) is 0 Å². The molecule has 1 aliphatic heterocycles. The average Bonchev–Trinajstić information content (AvgIpc) is 3.29. The third-order valence-corrected chi connectivity index (χ3v) is 5.65. The first kappa shape index (κ1) is 21.1. The Morgan fingerprint density at radius 3 is 2.62 bits per heavy atom. The number of nitrogens with zero attached hydrogens (tertiary/aromatic N) is 2. The van der Waals surface area contributed by atoms with E-state index in [9.17, 15) is 9.59 Å². The van der Waals surface area contributed by atoms with Gasteiger partial charge in [0, 0.05) is 38.3 Å². The molecule has 1 atom stereocenters. The minimum Gasteiger partial charge on any atom is -0.460 e. The Morgan fingerprint density at radius 1 is 1.21 bits per heavy atom. The molecule has 1 N–H and O–H groups in total. The van der Waals surface area contributed by atoms with Crippen LogP contribution in [0.4, 0.5) is 0 Å². The van der Waals surface area contributed by atoms with E-state index in [4.69, 9.17) is 4.42 Å². The predicted octanol–water partition coefficient (Wildman–Crippen LogP) is 3.24. The summed E-state index contributed by atoms with van der Waals surface area (Å²) < 4.78 is 5.89. The Labute approximate surface area is 172 Å². The van der Waals surface area contributed by atoms with E-state index >= 15 is 0 Å². The summed E-state index contributed by atoms with van der Waals surface area (Å²) in [5.74, 6) is 1.44. The molecule has 0 spiro atoms. The zero-order valence-corrected chi connectivity index (χ0v) is 17.8. The Kier molecular flexibility index (Phi) is 6.75. The van der Waals surface area contributed by atoms with Gasteiger partial charge in [-0.05, 0) is 39.7 Å². The van der Waals surface area contributed by atoms with Crippen LogP contribution in [0, 0.1) is 13.8 Å². The van der Waals surface area contributed by atoms with Crippen LogP contribution in [0.1, 0.15) is 40.9 Å². The number of hydrogen-bond acceptors (Lipinski definition) is 4. The average molecular weight is 398 g/mol. The molecule has 6 nitrogen and oxygen atoms in total. The van der Waals surface area contributed by atoms with Crippen molar-refractivity contribution < 1.29 is 14.0 Å². The highest BCUT2D eigenvalue weighted by Crippen LogP contribution is 2.30. The number of carbonyl (C=O) groups is 2. The molecule has 1 saturated heterocycles. The number of benzene rings is 1. The van der Waals surface area contributed by atoms with Crippen molar-refractivity contribution in [2.45, 2.75) is 39.2 Å². The number of rotatable bonds is 7. The van der Waals surface area contributed by atoms with Gasteiger partial charge in [-0.25, -0.2) is 0 Å². The second kappa shape index (κ2) is 9.27. The van der Waals surface area contributed by atoms with Crippen LogP contribution in [0.25, 0.3) is 11.3 Å². The molecule has 0 aliphatic carbocycles. The van der Waals surface area contributed by atoms with E-state index < -0.39 is 0 Å². The molecule has 2 amide bonds. The quantitative estimate of drug-likeness (QED) is 0.729. The number of likely N-dealkylation sites (tertiary alicyclic amines) is 1. The van der Waals surface area contributed by atoms with Crippen LogP contribution in [0.15, 0.2) is 34.7 Å². The van der Waals surface area contributed by atoms with E-state index in [0.717, 1.165) is 49.2 Å². The highest BCUT2D eigenvalue weighted by atomic mass is 16.3. The molecule has 1 aliphatic rings.